The van der Waals surface area contributed by atoms with Gasteiger partial charge in [-0.1, -0.05) is 29.8 Å². The summed E-state index contributed by atoms with van der Waals surface area (Å²) in [4.78, 5) is 26.5. The molecule has 0 bridgehead atoms. The van der Waals surface area contributed by atoms with E-state index in [1.54, 1.807) is 29.3 Å². The van der Waals surface area contributed by atoms with Crippen LogP contribution in [0.1, 0.15) is 6.42 Å². The number of aromatic amines is 1. The monoisotopic (exact) mass is 354 g/mol. The molecule has 4 rings (SSSR count). The van der Waals surface area contributed by atoms with Crippen molar-refractivity contribution in [2.45, 2.75) is 6.42 Å². The summed E-state index contributed by atoms with van der Waals surface area (Å²) in [5.74, 6) is -0.674. The van der Waals surface area contributed by atoms with Crippen LogP contribution in [0.3, 0.4) is 0 Å². The molecule has 7 heteroatoms. The molecule has 2 aromatic carbocycles. The van der Waals surface area contributed by atoms with Gasteiger partial charge in [-0.25, -0.2) is 0 Å². The number of carbonyl (C=O) groups is 2. The zero-order valence-corrected chi connectivity index (χ0v) is 14.0. The molecule has 0 aliphatic carbocycles. The first-order chi connectivity index (χ1) is 12.1. The van der Waals surface area contributed by atoms with Crippen LogP contribution in [0.4, 0.5) is 11.4 Å². The van der Waals surface area contributed by atoms with Gasteiger partial charge in [0.2, 0.25) is 11.8 Å². The van der Waals surface area contributed by atoms with Crippen LogP contribution < -0.4 is 10.2 Å². The minimum absolute atomic E-state index is 0.0813. The third-order valence-electron chi connectivity index (χ3n) is 4.35. The molecule has 1 saturated heterocycles. The van der Waals surface area contributed by atoms with Crippen molar-refractivity contribution in [3.8, 4) is 0 Å². The van der Waals surface area contributed by atoms with Gasteiger partial charge in [-0.3, -0.25) is 14.7 Å². The van der Waals surface area contributed by atoms with Crippen LogP contribution in [0.25, 0.3) is 10.9 Å². The van der Waals surface area contributed by atoms with Gasteiger partial charge in [-0.2, -0.15) is 5.10 Å². The maximum Gasteiger partial charge on any atom is 0.229 e. The molecule has 2 heterocycles. The molecular weight excluding hydrogens is 340 g/mol. The van der Waals surface area contributed by atoms with E-state index in [1.165, 1.54) is 0 Å². The molecule has 1 unspecified atom stereocenters. The number of anilines is 2. The number of carbonyl (C=O) groups excluding carboxylic acids is 2. The van der Waals surface area contributed by atoms with Crippen LogP contribution in [0, 0.1) is 5.92 Å². The van der Waals surface area contributed by atoms with Crippen molar-refractivity contribution in [1.82, 2.24) is 10.2 Å². The van der Waals surface area contributed by atoms with Crippen molar-refractivity contribution in [3.05, 3.63) is 53.7 Å². The van der Waals surface area contributed by atoms with Gasteiger partial charge in [0.15, 0.2) is 0 Å². The van der Waals surface area contributed by atoms with E-state index in [-0.39, 0.29) is 18.2 Å². The van der Waals surface area contributed by atoms with E-state index in [0.29, 0.717) is 22.9 Å². The van der Waals surface area contributed by atoms with E-state index >= 15 is 0 Å². The molecule has 2 amide bonds. The fourth-order valence-corrected chi connectivity index (χ4v) is 3.27. The molecule has 2 N–H and O–H groups in total. The highest BCUT2D eigenvalue weighted by molar-refractivity contribution is 6.31. The topological polar surface area (TPSA) is 78.1 Å². The van der Waals surface area contributed by atoms with E-state index in [0.717, 1.165) is 10.9 Å². The predicted octanol–water partition coefficient (Wildman–Crippen LogP) is 3.21. The maximum absolute atomic E-state index is 12.6. The number of aromatic nitrogens is 2. The Hall–Kier alpha value is -2.86. The molecule has 3 aromatic rings. The smallest absolute Gasteiger partial charge is 0.229 e. The predicted molar refractivity (Wildman–Crippen MR) is 96.6 cm³/mol. The van der Waals surface area contributed by atoms with E-state index in [9.17, 15) is 9.59 Å². The normalized spacial score (nSPS) is 17.2. The lowest BCUT2D eigenvalue weighted by molar-refractivity contribution is -0.122. The van der Waals surface area contributed by atoms with Crippen molar-refractivity contribution < 1.29 is 9.59 Å². The molecule has 6 nitrogen and oxygen atoms in total. The number of fused-ring (bicyclic) bond motifs is 1. The fraction of sp³-hybridized carbons (Fsp3) is 0.167. The van der Waals surface area contributed by atoms with E-state index in [1.807, 2.05) is 24.3 Å². The van der Waals surface area contributed by atoms with Crippen molar-refractivity contribution in [2.24, 2.45) is 5.92 Å². The first kappa shape index (κ1) is 15.7. The molecule has 1 aromatic heterocycles. The first-order valence-corrected chi connectivity index (χ1v) is 8.28. The number of nitrogens with one attached hydrogen (secondary N) is 2. The number of nitrogens with zero attached hydrogens (tertiary/aromatic N) is 2. The van der Waals surface area contributed by atoms with Crippen molar-refractivity contribution in [1.29, 1.82) is 0 Å². The summed E-state index contributed by atoms with van der Waals surface area (Å²) in [6, 6.07) is 12.7. The zero-order valence-electron chi connectivity index (χ0n) is 13.2. The number of benzene rings is 2. The van der Waals surface area contributed by atoms with Gasteiger partial charge >= 0.3 is 0 Å². The second-order valence-corrected chi connectivity index (χ2v) is 6.45. The lowest BCUT2D eigenvalue weighted by Crippen LogP contribution is -2.28. The first-order valence-electron chi connectivity index (χ1n) is 7.91. The largest absolute Gasteiger partial charge is 0.324 e. The van der Waals surface area contributed by atoms with Gasteiger partial charge in [0, 0.05) is 29.1 Å². The van der Waals surface area contributed by atoms with E-state index in [4.69, 9.17) is 11.6 Å². The lowest BCUT2D eigenvalue weighted by atomic mass is 10.1. The number of halogens is 1. The van der Waals surface area contributed by atoms with Crippen molar-refractivity contribution in [3.63, 3.8) is 0 Å². The summed E-state index contributed by atoms with van der Waals surface area (Å²) in [7, 11) is 0. The average Bonchev–Trinajstić information content (AvgIpc) is 3.22. The zero-order chi connectivity index (χ0) is 17.4. The lowest BCUT2D eigenvalue weighted by Gasteiger charge is -2.17. The summed E-state index contributed by atoms with van der Waals surface area (Å²) >= 11 is 6.00. The Morgan fingerprint density at radius 1 is 1.28 bits per heavy atom. The minimum atomic E-state index is -0.412. The number of amides is 2. The third kappa shape index (κ3) is 2.96. The Labute approximate surface area is 148 Å². The second kappa shape index (κ2) is 6.22. The quantitative estimate of drug-likeness (QED) is 0.758. The van der Waals surface area contributed by atoms with Gasteiger partial charge < -0.3 is 10.2 Å². The van der Waals surface area contributed by atoms with Gasteiger partial charge in [-0.15, -0.1) is 0 Å². The van der Waals surface area contributed by atoms with Crippen LogP contribution >= 0.6 is 11.6 Å². The number of hydrogen-bond donors (Lipinski definition) is 2. The van der Waals surface area contributed by atoms with Crippen LogP contribution in [0.5, 0.6) is 0 Å². The Kier molecular flexibility index (Phi) is 3.89. The molecule has 0 radical (unpaired) electrons. The second-order valence-electron chi connectivity index (χ2n) is 6.01. The van der Waals surface area contributed by atoms with Crippen molar-refractivity contribution >= 4 is 45.7 Å². The van der Waals surface area contributed by atoms with Crippen LogP contribution in [0.2, 0.25) is 5.02 Å². The molecule has 1 aliphatic rings. The summed E-state index contributed by atoms with van der Waals surface area (Å²) in [6.45, 7) is 0.337. The van der Waals surface area contributed by atoms with Gasteiger partial charge in [0.05, 0.1) is 23.3 Å². The molecule has 126 valence electrons. The number of rotatable bonds is 3. The minimum Gasteiger partial charge on any atom is -0.324 e. The Balaban J connectivity index is 1.52. The Morgan fingerprint density at radius 2 is 2.12 bits per heavy atom. The molecule has 1 atom stereocenters. The molecule has 25 heavy (non-hydrogen) atoms. The number of para-hydroxylation sites is 1. The molecule has 1 aliphatic heterocycles. The van der Waals surface area contributed by atoms with Gasteiger partial charge in [0.1, 0.15) is 0 Å². The molecule has 1 fully saturated rings. The van der Waals surface area contributed by atoms with E-state index in [2.05, 4.69) is 15.5 Å². The van der Waals surface area contributed by atoms with Crippen LogP contribution in [0.15, 0.2) is 48.7 Å². The highest BCUT2D eigenvalue weighted by Crippen LogP contribution is 2.28. The van der Waals surface area contributed by atoms with Crippen molar-refractivity contribution in [2.75, 3.05) is 16.8 Å². The fourth-order valence-electron chi connectivity index (χ4n) is 3.08. The summed E-state index contributed by atoms with van der Waals surface area (Å²) in [5.41, 5.74) is 2.14. The van der Waals surface area contributed by atoms with Crippen LogP contribution in [-0.4, -0.2) is 28.6 Å². The van der Waals surface area contributed by atoms with Crippen LogP contribution in [-0.2, 0) is 9.59 Å². The highest BCUT2D eigenvalue weighted by atomic mass is 35.5. The maximum atomic E-state index is 12.6. The standard InChI is InChI=1S/C18H15ClN4O2/c19-13-4-2-5-14(8-13)23-10-12(7-16(23)24)18(25)21-15-6-1-3-11-9-20-22-17(11)15/h1-6,8-9,12H,7,10H2,(H,20,22)(H,21,25). The molecule has 0 spiro atoms. The Morgan fingerprint density at radius 3 is 2.96 bits per heavy atom. The Bertz CT molecular complexity index is 968. The summed E-state index contributed by atoms with van der Waals surface area (Å²) in [5, 5.41) is 11.2. The third-order valence-corrected chi connectivity index (χ3v) is 4.59. The molecular formula is C18H15ClN4O2. The number of H-pyrrole nitrogens is 1. The number of hydrogen-bond acceptors (Lipinski definition) is 3. The molecule has 0 saturated carbocycles. The van der Waals surface area contributed by atoms with Gasteiger partial charge in [0.25, 0.3) is 0 Å². The summed E-state index contributed by atoms with van der Waals surface area (Å²) in [6.07, 6.45) is 1.88. The van der Waals surface area contributed by atoms with E-state index < -0.39 is 5.92 Å². The SMILES string of the molecule is O=C(Nc1cccc2cn[nH]c12)C1CC(=O)N(c2cccc(Cl)c2)C1. The average molecular weight is 355 g/mol. The highest BCUT2D eigenvalue weighted by Gasteiger charge is 2.35. The van der Waals surface area contributed by atoms with Gasteiger partial charge in [-0.05, 0) is 24.3 Å². The summed E-state index contributed by atoms with van der Waals surface area (Å²) < 4.78 is 0.